The van der Waals surface area contributed by atoms with E-state index in [-0.39, 0.29) is 43.1 Å². The van der Waals surface area contributed by atoms with E-state index in [4.69, 9.17) is 5.11 Å². The molecule has 1 aliphatic heterocycles. The van der Waals surface area contributed by atoms with Crippen LogP contribution in [0.1, 0.15) is 18.4 Å². The Balaban J connectivity index is 1.91. The Morgan fingerprint density at radius 3 is 3.00 bits per heavy atom. The van der Waals surface area contributed by atoms with Crippen LogP contribution < -0.4 is 5.32 Å². The predicted molar refractivity (Wildman–Crippen MR) is 70.1 cm³/mol. The first-order chi connectivity index (χ1) is 9.58. The number of hydrogen-bond acceptors (Lipinski definition) is 3. The van der Waals surface area contributed by atoms with Crippen LogP contribution in [0.3, 0.4) is 0 Å². The van der Waals surface area contributed by atoms with Gasteiger partial charge in [-0.15, -0.1) is 0 Å². The number of amides is 2. The quantitative estimate of drug-likeness (QED) is 0.821. The molecule has 1 aromatic rings. The Bertz CT molecular complexity index is 507. The molecule has 0 saturated carbocycles. The van der Waals surface area contributed by atoms with E-state index < -0.39 is 0 Å². The maximum atomic E-state index is 13.1. The second-order valence-electron chi connectivity index (χ2n) is 4.85. The summed E-state index contributed by atoms with van der Waals surface area (Å²) in [6, 6.07) is 5.87. The van der Waals surface area contributed by atoms with E-state index in [9.17, 15) is 14.0 Å². The smallest absolute Gasteiger partial charge is 0.225 e. The van der Waals surface area contributed by atoms with Crippen LogP contribution in [-0.4, -0.2) is 41.0 Å². The monoisotopic (exact) mass is 280 g/mol. The fourth-order valence-electron chi connectivity index (χ4n) is 2.28. The molecule has 1 aliphatic rings. The van der Waals surface area contributed by atoms with Crippen molar-refractivity contribution in [3.63, 3.8) is 0 Å². The number of carbonyl (C=O) groups is 2. The molecule has 0 aliphatic carbocycles. The van der Waals surface area contributed by atoms with Crippen molar-refractivity contribution < 1.29 is 19.1 Å². The zero-order valence-electron chi connectivity index (χ0n) is 11.0. The van der Waals surface area contributed by atoms with Crippen LogP contribution in [0.15, 0.2) is 24.3 Å². The number of benzene rings is 1. The molecule has 0 aromatic heterocycles. The molecule has 108 valence electrons. The molecule has 0 radical (unpaired) electrons. The molecule has 0 bridgehead atoms. The van der Waals surface area contributed by atoms with Crippen molar-refractivity contribution in [2.24, 2.45) is 0 Å². The number of likely N-dealkylation sites (tertiary alicyclic amines) is 1. The van der Waals surface area contributed by atoms with Crippen LogP contribution in [0, 0.1) is 5.82 Å². The zero-order valence-corrected chi connectivity index (χ0v) is 11.0. The molecule has 1 saturated heterocycles. The molecule has 1 heterocycles. The van der Waals surface area contributed by atoms with Gasteiger partial charge in [0.1, 0.15) is 5.82 Å². The van der Waals surface area contributed by atoms with Crippen molar-refractivity contribution in [1.29, 1.82) is 0 Å². The number of aliphatic hydroxyl groups is 1. The van der Waals surface area contributed by atoms with E-state index in [0.29, 0.717) is 13.1 Å². The lowest BCUT2D eigenvalue weighted by molar-refractivity contribution is -0.128. The third-order valence-corrected chi connectivity index (χ3v) is 3.18. The van der Waals surface area contributed by atoms with Crippen molar-refractivity contribution in [3.8, 4) is 0 Å². The lowest BCUT2D eigenvalue weighted by Gasteiger charge is -2.17. The Hall–Kier alpha value is -1.95. The number of rotatable bonds is 5. The molecule has 0 unspecified atom stereocenters. The Kier molecular flexibility index (Phi) is 4.68. The van der Waals surface area contributed by atoms with Gasteiger partial charge in [0, 0.05) is 25.9 Å². The van der Waals surface area contributed by atoms with Crippen molar-refractivity contribution in [2.45, 2.75) is 25.4 Å². The molecule has 0 spiro atoms. The fraction of sp³-hybridized carbons (Fsp3) is 0.429. The largest absolute Gasteiger partial charge is 0.396 e. The summed E-state index contributed by atoms with van der Waals surface area (Å²) in [6.45, 7) is 0.537. The van der Waals surface area contributed by atoms with E-state index in [2.05, 4.69) is 5.32 Å². The summed E-state index contributed by atoms with van der Waals surface area (Å²) >= 11 is 0. The molecule has 1 fully saturated rings. The van der Waals surface area contributed by atoms with E-state index in [1.807, 2.05) is 0 Å². The lowest BCUT2D eigenvalue weighted by atomic mass is 10.2. The normalized spacial score (nSPS) is 18.4. The average molecular weight is 280 g/mol. The Morgan fingerprint density at radius 1 is 1.50 bits per heavy atom. The van der Waals surface area contributed by atoms with Crippen LogP contribution in [0.5, 0.6) is 0 Å². The molecule has 6 heteroatoms. The topological polar surface area (TPSA) is 69.6 Å². The van der Waals surface area contributed by atoms with Crippen LogP contribution in [0.2, 0.25) is 0 Å². The molecule has 5 nitrogen and oxygen atoms in total. The first-order valence-electron chi connectivity index (χ1n) is 6.51. The average Bonchev–Trinajstić information content (AvgIpc) is 2.69. The standard InChI is InChI=1S/C14H17FN2O3/c15-11-3-1-2-10(6-11)8-17-9-12(7-14(17)20)16-13(19)4-5-18/h1-3,6,12,18H,4-5,7-9H2,(H,16,19)/t12-/m0/s1. The fourth-order valence-corrected chi connectivity index (χ4v) is 2.28. The van der Waals surface area contributed by atoms with Crippen molar-refractivity contribution in [1.82, 2.24) is 10.2 Å². The van der Waals surface area contributed by atoms with Gasteiger partial charge in [0.15, 0.2) is 0 Å². The first-order valence-corrected chi connectivity index (χ1v) is 6.51. The molecule has 1 atom stereocenters. The van der Waals surface area contributed by atoms with Gasteiger partial charge in [0.25, 0.3) is 0 Å². The molecular weight excluding hydrogens is 263 g/mol. The first kappa shape index (κ1) is 14.5. The lowest BCUT2D eigenvalue weighted by Crippen LogP contribution is -2.37. The van der Waals surface area contributed by atoms with Gasteiger partial charge in [0.05, 0.1) is 12.6 Å². The Labute approximate surface area is 116 Å². The minimum Gasteiger partial charge on any atom is -0.396 e. The van der Waals surface area contributed by atoms with Gasteiger partial charge in [0.2, 0.25) is 11.8 Å². The van der Waals surface area contributed by atoms with E-state index >= 15 is 0 Å². The number of hydrogen-bond donors (Lipinski definition) is 2. The highest BCUT2D eigenvalue weighted by molar-refractivity contribution is 5.82. The predicted octanol–water partition coefficient (Wildman–Crippen LogP) is 0.425. The summed E-state index contributed by atoms with van der Waals surface area (Å²) in [6.07, 6.45) is 0.279. The highest BCUT2D eigenvalue weighted by Gasteiger charge is 2.30. The van der Waals surface area contributed by atoms with E-state index in [0.717, 1.165) is 5.56 Å². The highest BCUT2D eigenvalue weighted by Crippen LogP contribution is 2.15. The SMILES string of the molecule is O=C(CCO)N[C@H]1CC(=O)N(Cc2cccc(F)c2)C1. The minimum atomic E-state index is -0.332. The minimum absolute atomic E-state index is 0.0363. The highest BCUT2D eigenvalue weighted by atomic mass is 19.1. The van der Waals surface area contributed by atoms with Crippen molar-refractivity contribution >= 4 is 11.8 Å². The Morgan fingerprint density at radius 2 is 2.30 bits per heavy atom. The van der Waals surface area contributed by atoms with Crippen LogP contribution in [0.4, 0.5) is 4.39 Å². The van der Waals surface area contributed by atoms with Crippen molar-refractivity contribution in [2.75, 3.05) is 13.2 Å². The third-order valence-electron chi connectivity index (χ3n) is 3.18. The van der Waals surface area contributed by atoms with E-state index in [1.165, 1.54) is 12.1 Å². The van der Waals surface area contributed by atoms with Crippen LogP contribution >= 0.6 is 0 Å². The molecular formula is C14H17FN2O3. The van der Waals surface area contributed by atoms with Gasteiger partial charge in [-0.2, -0.15) is 0 Å². The second-order valence-corrected chi connectivity index (χ2v) is 4.85. The van der Waals surface area contributed by atoms with Crippen LogP contribution in [-0.2, 0) is 16.1 Å². The number of halogens is 1. The summed E-state index contributed by atoms with van der Waals surface area (Å²) in [5, 5.41) is 11.4. The maximum Gasteiger partial charge on any atom is 0.225 e. The number of carbonyl (C=O) groups excluding carboxylic acids is 2. The summed E-state index contributed by atoms with van der Waals surface area (Å²) in [5.41, 5.74) is 0.723. The zero-order chi connectivity index (χ0) is 14.5. The van der Waals surface area contributed by atoms with Gasteiger partial charge in [-0.25, -0.2) is 4.39 Å². The van der Waals surface area contributed by atoms with Crippen LogP contribution in [0.25, 0.3) is 0 Å². The molecule has 2 N–H and O–H groups in total. The summed E-state index contributed by atoms with van der Waals surface area (Å²) in [5.74, 6) is -0.664. The molecule has 2 rings (SSSR count). The number of nitrogens with one attached hydrogen (secondary N) is 1. The van der Waals surface area contributed by atoms with Gasteiger partial charge in [-0.05, 0) is 17.7 Å². The summed E-state index contributed by atoms with van der Waals surface area (Å²) < 4.78 is 13.1. The maximum absolute atomic E-state index is 13.1. The number of aliphatic hydroxyl groups excluding tert-OH is 1. The molecule has 2 amide bonds. The van der Waals surface area contributed by atoms with Gasteiger partial charge in [-0.1, -0.05) is 12.1 Å². The van der Waals surface area contributed by atoms with Gasteiger partial charge in [-0.3, -0.25) is 9.59 Å². The van der Waals surface area contributed by atoms with E-state index in [1.54, 1.807) is 17.0 Å². The third kappa shape index (κ3) is 3.77. The summed E-state index contributed by atoms with van der Waals surface area (Å²) in [4.78, 5) is 24.8. The molecule has 1 aromatic carbocycles. The second kappa shape index (κ2) is 6.47. The number of nitrogens with zero attached hydrogens (tertiary/aromatic N) is 1. The van der Waals surface area contributed by atoms with Gasteiger partial charge >= 0.3 is 0 Å². The summed E-state index contributed by atoms with van der Waals surface area (Å²) in [7, 11) is 0. The van der Waals surface area contributed by atoms with Crippen molar-refractivity contribution in [3.05, 3.63) is 35.6 Å². The van der Waals surface area contributed by atoms with Gasteiger partial charge < -0.3 is 15.3 Å². The molecule has 20 heavy (non-hydrogen) atoms.